The third-order valence-corrected chi connectivity index (χ3v) is 2.75. The second kappa shape index (κ2) is 5.51. The zero-order valence-electron chi connectivity index (χ0n) is 9.70. The summed E-state index contributed by atoms with van der Waals surface area (Å²) in [5.41, 5.74) is 1.54. The highest BCUT2D eigenvalue weighted by atomic mass is 16.2. The smallest absolute Gasteiger partial charge is 0.253 e. The van der Waals surface area contributed by atoms with E-state index in [1.54, 1.807) is 0 Å². The number of rotatable bonds is 1. The average molecular weight is 227 g/mol. The van der Waals surface area contributed by atoms with E-state index < -0.39 is 0 Å². The first-order valence-corrected chi connectivity index (χ1v) is 5.69. The van der Waals surface area contributed by atoms with Gasteiger partial charge in [-0.1, -0.05) is 17.9 Å². The van der Waals surface area contributed by atoms with Gasteiger partial charge in [0.05, 0.1) is 0 Å². The van der Waals surface area contributed by atoms with Crippen molar-refractivity contribution in [1.29, 1.82) is 0 Å². The van der Waals surface area contributed by atoms with Crippen LogP contribution in [0, 0.1) is 18.8 Å². The third kappa shape index (κ3) is 2.86. The van der Waals surface area contributed by atoms with Gasteiger partial charge in [0.1, 0.15) is 0 Å². The average Bonchev–Trinajstić information content (AvgIpc) is 2.40. The van der Waals surface area contributed by atoms with Crippen molar-refractivity contribution >= 4 is 5.91 Å². The Hall–Kier alpha value is -1.79. The lowest BCUT2D eigenvalue weighted by atomic mass is 10.1. The van der Waals surface area contributed by atoms with Gasteiger partial charge in [-0.25, -0.2) is 0 Å². The molecule has 0 aliphatic carbocycles. The fourth-order valence-electron chi connectivity index (χ4n) is 1.88. The van der Waals surface area contributed by atoms with Crippen LogP contribution >= 0.6 is 0 Å². The Morgan fingerprint density at radius 3 is 2.82 bits per heavy atom. The first-order chi connectivity index (χ1) is 8.31. The summed E-state index contributed by atoms with van der Waals surface area (Å²) in [4.78, 5) is 14.1. The summed E-state index contributed by atoms with van der Waals surface area (Å²) < 4.78 is 0. The number of hydrogen-bond acceptors (Lipinski definition) is 2. The Kier molecular flexibility index (Phi) is 3.79. The van der Waals surface area contributed by atoms with Crippen molar-refractivity contribution in [3.05, 3.63) is 42.3 Å². The number of amides is 1. The van der Waals surface area contributed by atoms with Crippen LogP contribution < -0.4 is 5.32 Å². The summed E-state index contributed by atoms with van der Waals surface area (Å²) in [6.07, 6.45) is 0. The predicted molar refractivity (Wildman–Crippen MR) is 67.5 cm³/mol. The summed E-state index contributed by atoms with van der Waals surface area (Å²) in [7, 11) is 0. The van der Waals surface area contributed by atoms with E-state index >= 15 is 0 Å². The summed E-state index contributed by atoms with van der Waals surface area (Å²) >= 11 is 0. The van der Waals surface area contributed by atoms with Crippen molar-refractivity contribution in [1.82, 2.24) is 10.2 Å². The van der Waals surface area contributed by atoms with Crippen molar-refractivity contribution in [2.24, 2.45) is 0 Å². The maximum atomic E-state index is 12.2. The van der Waals surface area contributed by atoms with Gasteiger partial charge in [0, 0.05) is 44.2 Å². The van der Waals surface area contributed by atoms with Crippen LogP contribution in [0.15, 0.2) is 24.3 Å². The van der Waals surface area contributed by atoms with Gasteiger partial charge in [-0.3, -0.25) is 4.79 Å². The van der Waals surface area contributed by atoms with E-state index in [2.05, 4.69) is 24.1 Å². The molecule has 0 aromatic heterocycles. The first-order valence-electron chi connectivity index (χ1n) is 5.69. The molecule has 0 bridgehead atoms. The second-order valence-electron chi connectivity index (χ2n) is 3.92. The van der Waals surface area contributed by atoms with Gasteiger partial charge in [-0.15, -0.1) is 0 Å². The lowest BCUT2D eigenvalue weighted by Gasteiger charge is -2.27. The zero-order valence-corrected chi connectivity index (χ0v) is 9.70. The van der Waals surface area contributed by atoms with E-state index in [0.29, 0.717) is 5.56 Å². The highest BCUT2D eigenvalue weighted by Crippen LogP contribution is 2.08. The van der Waals surface area contributed by atoms with Gasteiger partial charge in [-0.2, -0.15) is 0 Å². The maximum Gasteiger partial charge on any atom is 0.253 e. The molecule has 3 nitrogen and oxygen atoms in total. The molecule has 0 spiro atoms. The maximum absolute atomic E-state index is 12.2. The standard InChI is InChI=1S/C14H15N2O/c1-2-4-12-5-3-6-13(11-12)14(17)16-9-7-15-8-10-16/h3,5-6,11,15H,1,7-10H2. The third-order valence-electron chi connectivity index (χ3n) is 2.75. The summed E-state index contributed by atoms with van der Waals surface area (Å²) in [5, 5.41) is 3.23. The predicted octanol–water partition coefficient (Wildman–Crippen LogP) is 0.918. The lowest BCUT2D eigenvalue weighted by molar-refractivity contribution is 0.0736. The van der Waals surface area contributed by atoms with Crippen LogP contribution in [0.5, 0.6) is 0 Å². The Labute approximate surface area is 102 Å². The molecule has 1 saturated heterocycles. The molecule has 1 amide bonds. The van der Waals surface area contributed by atoms with Crippen LogP contribution in [0.3, 0.4) is 0 Å². The minimum atomic E-state index is 0.0826. The quantitative estimate of drug-likeness (QED) is 0.723. The molecule has 1 radical (unpaired) electrons. The Morgan fingerprint density at radius 1 is 1.35 bits per heavy atom. The minimum Gasteiger partial charge on any atom is -0.336 e. The molecular weight excluding hydrogens is 212 g/mol. The van der Waals surface area contributed by atoms with Crippen LogP contribution in [0.4, 0.5) is 0 Å². The largest absolute Gasteiger partial charge is 0.336 e. The van der Waals surface area contributed by atoms with E-state index in [4.69, 9.17) is 0 Å². The molecule has 1 aliphatic heterocycles. The molecule has 1 N–H and O–H groups in total. The highest BCUT2D eigenvalue weighted by molar-refractivity contribution is 5.94. The molecule has 0 unspecified atom stereocenters. The van der Waals surface area contributed by atoms with Crippen LogP contribution in [0.1, 0.15) is 15.9 Å². The van der Waals surface area contributed by atoms with E-state index in [0.717, 1.165) is 31.7 Å². The molecule has 1 aliphatic rings. The van der Waals surface area contributed by atoms with Gasteiger partial charge in [0.2, 0.25) is 0 Å². The SMILES string of the molecule is [CH2]C#Cc1cccc(C(=O)N2CCNCC2)c1. The van der Waals surface area contributed by atoms with Gasteiger partial charge >= 0.3 is 0 Å². The van der Waals surface area contributed by atoms with Gasteiger partial charge in [0.15, 0.2) is 0 Å². The highest BCUT2D eigenvalue weighted by Gasteiger charge is 2.17. The molecule has 2 rings (SSSR count). The van der Waals surface area contributed by atoms with E-state index in [-0.39, 0.29) is 5.91 Å². The van der Waals surface area contributed by atoms with Crippen LogP contribution in [-0.4, -0.2) is 37.0 Å². The molecule has 1 aromatic rings. The van der Waals surface area contributed by atoms with Gasteiger partial charge < -0.3 is 10.2 Å². The van der Waals surface area contributed by atoms with Crippen molar-refractivity contribution in [3.63, 3.8) is 0 Å². The van der Waals surface area contributed by atoms with Crippen LogP contribution in [0.25, 0.3) is 0 Å². The minimum absolute atomic E-state index is 0.0826. The Bertz CT molecular complexity index is 465. The number of hydrogen-bond donors (Lipinski definition) is 1. The molecule has 87 valence electrons. The fraction of sp³-hybridized carbons (Fsp3) is 0.286. The molecule has 1 fully saturated rings. The van der Waals surface area contributed by atoms with Crippen molar-refractivity contribution < 1.29 is 4.79 Å². The number of nitrogens with one attached hydrogen (secondary N) is 1. The molecule has 0 atom stereocenters. The van der Waals surface area contributed by atoms with Crippen molar-refractivity contribution in [2.45, 2.75) is 0 Å². The van der Waals surface area contributed by atoms with Crippen molar-refractivity contribution in [2.75, 3.05) is 26.2 Å². The number of nitrogens with zero attached hydrogens (tertiary/aromatic N) is 1. The zero-order chi connectivity index (χ0) is 12.1. The Balaban J connectivity index is 2.17. The van der Waals surface area contributed by atoms with Crippen LogP contribution in [0.2, 0.25) is 0 Å². The molecule has 0 saturated carbocycles. The molecular formula is C14H15N2O. The molecule has 17 heavy (non-hydrogen) atoms. The summed E-state index contributed by atoms with van der Waals surface area (Å²) in [6.45, 7) is 6.75. The topological polar surface area (TPSA) is 32.3 Å². The van der Waals surface area contributed by atoms with Gasteiger partial charge in [-0.05, 0) is 18.2 Å². The van der Waals surface area contributed by atoms with Crippen LogP contribution in [-0.2, 0) is 0 Å². The van der Waals surface area contributed by atoms with E-state index in [1.165, 1.54) is 0 Å². The van der Waals surface area contributed by atoms with E-state index in [9.17, 15) is 4.79 Å². The normalized spacial score (nSPS) is 15.0. The first kappa shape index (κ1) is 11.7. The number of carbonyl (C=O) groups is 1. The number of piperazine rings is 1. The molecule has 1 heterocycles. The van der Waals surface area contributed by atoms with Crippen molar-refractivity contribution in [3.8, 4) is 11.8 Å². The Morgan fingerprint density at radius 2 is 2.12 bits per heavy atom. The fourth-order valence-corrected chi connectivity index (χ4v) is 1.88. The summed E-state index contributed by atoms with van der Waals surface area (Å²) in [5.74, 6) is 5.54. The summed E-state index contributed by atoms with van der Waals surface area (Å²) in [6, 6.07) is 7.39. The van der Waals surface area contributed by atoms with Gasteiger partial charge in [0.25, 0.3) is 5.91 Å². The number of benzene rings is 1. The molecule has 3 heteroatoms. The molecule has 1 aromatic carbocycles. The lowest BCUT2D eigenvalue weighted by Crippen LogP contribution is -2.46. The number of carbonyl (C=O) groups excluding carboxylic acids is 1. The van der Waals surface area contributed by atoms with E-state index in [1.807, 2.05) is 29.2 Å². The monoisotopic (exact) mass is 227 g/mol. The second-order valence-corrected chi connectivity index (χ2v) is 3.92.